The van der Waals surface area contributed by atoms with Gasteiger partial charge in [0.2, 0.25) is 10.0 Å². The minimum atomic E-state index is -3.18. The molecule has 0 atom stereocenters. The molecule has 0 bridgehead atoms. The van der Waals surface area contributed by atoms with E-state index in [9.17, 15) is 8.42 Å². The molecule has 5 nitrogen and oxygen atoms in total. The maximum atomic E-state index is 11.4. The third kappa shape index (κ3) is 4.70. The van der Waals surface area contributed by atoms with Crippen LogP contribution in [0.2, 0.25) is 0 Å². The van der Waals surface area contributed by atoms with Crippen LogP contribution >= 0.6 is 11.3 Å². The van der Waals surface area contributed by atoms with Gasteiger partial charge in [-0.05, 0) is 14.0 Å². The summed E-state index contributed by atoms with van der Waals surface area (Å²) in [6.45, 7) is 2.62. The summed E-state index contributed by atoms with van der Waals surface area (Å²) in [6.07, 6.45) is 0. The summed E-state index contributed by atoms with van der Waals surface area (Å²) < 4.78 is 25.3. The molecule has 0 aliphatic heterocycles. The molecule has 0 aromatic carbocycles. The zero-order valence-corrected chi connectivity index (χ0v) is 10.4. The van der Waals surface area contributed by atoms with Crippen molar-refractivity contribution >= 4 is 21.4 Å². The van der Waals surface area contributed by atoms with Gasteiger partial charge in [-0.25, -0.2) is 18.1 Å². The predicted molar refractivity (Wildman–Crippen MR) is 61.4 cm³/mol. The van der Waals surface area contributed by atoms with Crippen LogP contribution in [0.3, 0.4) is 0 Å². The quantitative estimate of drug-likeness (QED) is 0.749. The van der Waals surface area contributed by atoms with E-state index >= 15 is 0 Å². The largest absolute Gasteiger partial charge is 0.319 e. The molecule has 0 saturated heterocycles. The molecule has 0 spiro atoms. The Balaban J connectivity index is 2.42. The summed E-state index contributed by atoms with van der Waals surface area (Å²) in [7, 11) is -1.46. The zero-order chi connectivity index (χ0) is 11.3. The van der Waals surface area contributed by atoms with Crippen LogP contribution in [0.15, 0.2) is 5.38 Å². The highest BCUT2D eigenvalue weighted by Crippen LogP contribution is 2.07. The van der Waals surface area contributed by atoms with Crippen molar-refractivity contribution in [1.82, 2.24) is 15.0 Å². The highest BCUT2D eigenvalue weighted by molar-refractivity contribution is 7.89. The molecule has 2 N–H and O–H groups in total. The summed E-state index contributed by atoms with van der Waals surface area (Å²) in [5, 5.41) is 5.59. The van der Waals surface area contributed by atoms with Gasteiger partial charge in [0.15, 0.2) is 0 Å². The molecular weight excluding hydrogens is 234 g/mol. The molecule has 0 radical (unpaired) electrons. The molecule has 0 aliphatic carbocycles. The predicted octanol–water partition coefficient (Wildman–Crippen LogP) is 0.0903. The van der Waals surface area contributed by atoms with E-state index < -0.39 is 10.0 Å². The van der Waals surface area contributed by atoms with E-state index in [1.807, 2.05) is 12.3 Å². The zero-order valence-electron chi connectivity index (χ0n) is 8.78. The van der Waals surface area contributed by atoms with Crippen LogP contribution in [0.4, 0.5) is 0 Å². The molecule has 0 amide bonds. The van der Waals surface area contributed by atoms with Crippen LogP contribution in [-0.2, 0) is 16.6 Å². The lowest BCUT2D eigenvalue weighted by molar-refractivity contribution is 0.578. The Morgan fingerprint density at radius 2 is 2.27 bits per heavy atom. The normalized spacial score (nSPS) is 11.9. The number of nitrogens with one attached hydrogen (secondary N) is 2. The Morgan fingerprint density at radius 1 is 1.53 bits per heavy atom. The van der Waals surface area contributed by atoms with Crippen LogP contribution < -0.4 is 10.0 Å². The minimum Gasteiger partial charge on any atom is -0.319 e. The summed E-state index contributed by atoms with van der Waals surface area (Å²) in [4.78, 5) is 4.17. The van der Waals surface area contributed by atoms with Gasteiger partial charge in [0.25, 0.3) is 0 Å². The third-order valence-electron chi connectivity index (χ3n) is 1.76. The van der Waals surface area contributed by atoms with Gasteiger partial charge in [0.05, 0.1) is 23.0 Å². The van der Waals surface area contributed by atoms with E-state index in [0.717, 1.165) is 10.7 Å². The van der Waals surface area contributed by atoms with E-state index in [1.165, 1.54) is 11.3 Å². The third-order valence-corrected chi connectivity index (χ3v) is 3.91. The monoisotopic (exact) mass is 249 g/mol. The van der Waals surface area contributed by atoms with Gasteiger partial charge in [0, 0.05) is 11.9 Å². The van der Waals surface area contributed by atoms with Gasteiger partial charge in [-0.3, -0.25) is 0 Å². The number of nitrogens with zero attached hydrogens (tertiary/aromatic N) is 1. The van der Waals surface area contributed by atoms with Crippen molar-refractivity contribution in [2.24, 2.45) is 0 Å². The van der Waals surface area contributed by atoms with E-state index in [4.69, 9.17) is 0 Å². The van der Waals surface area contributed by atoms with Gasteiger partial charge in [-0.15, -0.1) is 11.3 Å². The average molecular weight is 249 g/mol. The van der Waals surface area contributed by atoms with Gasteiger partial charge in [-0.2, -0.15) is 0 Å². The second-order valence-corrected chi connectivity index (χ2v) is 6.09. The maximum Gasteiger partial charge on any atom is 0.213 e. The van der Waals surface area contributed by atoms with Crippen molar-refractivity contribution in [1.29, 1.82) is 0 Å². The van der Waals surface area contributed by atoms with Crippen LogP contribution in [0.1, 0.15) is 10.7 Å². The number of hydrogen-bond donors (Lipinski definition) is 2. The summed E-state index contributed by atoms with van der Waals surface area (Å²) in [6, 6.07) is 0. The Hall–Kier alpha value is -0.500. The standard InChI is InChI=1S/C8H15N3O2S2/c1-7-11-8(6-14-7)5-10-15(12,13)4-3-9-2/h6,9-10H,3-5H2,1-2H3. The molecule has 1 rings (SSSR count). The molecule has 1 heterocycles. The number of aromatic nitrogens is 1. The molecule has 1 aromatic heterocycles. The Labute approximate surface area is 94.0 Å². The second-order valence-electron chi connectivity index (χ2n) is 3.10. The van der Waals surface area contributed by atoms with Crippen molar-refractivity contribution in [3.63, 3.8) is 0 Å². The Bertz CT molecular complexity index is 400. The van der Waals surface area contributed by atoms with Gasteiger partial charge >= 0.3 is 0 Å². The van der Waals surface area contributed by atoms with Crippen LogP contribution in [0.5, 0.6) is 0 Å². The van der Waals surface area contributed by atoms with E-state index in [0.29, 0.717) is 6.54 Å². The summed E-state index contributed by atoms with van der Waals surface area (Å²) in [5.74, 6) is 0.0899. The molecule has 0 aliphatic rings. The van der Waals surface area contributed by atoms with Crippen LogP contribution in [-0.4, -0.2) is 32.7 Å². The Kier molecular flexibility index (Phi) is 4.65. The molecule has 0 unspecified atom stereocenters. The summed E-state index contributed by atoms with van der Waals surface area (Å²) in [5.41, 5.74) is 0.769. The summed E-state index contributed by atoms with van der Waals surface area (Å²) >= 11 is 1.51. The lowest BCUT2D eigenvalue weighted by atomic mass is 10.5. The first-order valence-corrected chi connectivity index (χ1v) is 7.09. The van der Waals surface area contributed by atoms with E-state index in [1.54, 1.807) is 7.05 Å². The molecule has 86 valence electrons. The number of aryl methyl sites for hydroxylation is 1. The highest BCUT2D eigenvalue weighted by Gasteiger charge is 2.09. The van der Waals surface area contributed by atoms with Crippen LogP contribution in [0.25, 0.3) is 0 Å². The van der Waals surface area contributed by atoms with E-state index in [-0.39, 0.29) is 12.3 Å². The lowest BCUT2D eigenvalue weighted by Gasteiger charge is -2.04. The smallest absolute Gasteiger partial charge is 0.213 e. The van der Waals surface area contributed by atoms with Crippen molar-refractivity contribution in [2.75, 3.05) is 19.3 Å². The topological polar surface area (TPSA) is 71.1 Å². The minimum absolute atomic E-state index is 0.0899. The SMILES string of the molecule is CNCCS(=O)(=O)NCc1csc(C)n1. The molecule has 15 heavy (non-hydrogen) atoms. The van der Waals surface area contributed by atoms with Gasteiger partial charge < -0.3 is 5.32 Å². The number of hydrogen-bond acceptors (Lipinski definition) is 5. The molecule has 1 aromatic rings. The first-order chi connectivity index (χ1) is 7.03. The van der Waals surface area contributed by atoms with Crippen LogP contribution in [0, 0.1) is 6.92 Å². The molecule has 0 fully saturated rings. The van der Waals surface area contributed by atoms with Gasteiger partial charge in [-0.1, -0.05) is 0 Å². The van der Waals surface area contributed by atoms with Crippen molar-refractivity contribution in [3.8, 4) is 0 Å². The molecule has 7 heteroatoms. The lowest BCUT2D eigenvalue weighted by Crippen LogP contribution is -2.30. The first kappa shape index (κ1) is 12.6. The number of sulfonamides is 1. The maximum absolute atomic E-state index is 11.4. The first-order valence-electron chi connectivity index (χ1n) is 4.56. The molecule has 0 saturated carbocycles. The highest BCUT2D eigenvalue weighted by atomic mass is 32.2. The van der Waals surface area contributed by atoms with Crippen molar-refractivity contribution in [2.45, 2.75) is 13.5 Å². The fraction of sp³-hybridized carbons (Fsp3) is 0.625. The fourth-order valence-corrected chi connectivity index (χ4v) is 2.58. The molecular formula is C8H15N3O2S2. The van der Waals surface area contributed by atoms with Crippen molar-refractivity contribution < 1.29 is 8.42 Å². The average Bonchev–Trinajstić information content (AvgIpc) is 2.59. The Morgan fingerprint density at radius 3 is 2.80 bits per heavy atom. The van der Waals surface area contributed by atoms with Gasteiger partial charge in [0.1, 0.15) is 0 Å². The number of rotatable bonds is 6. The van der Waals surface area contributed by atoms with E-state index in [2.05, 4.69) is 15.0 Å². The van der Waals surface area contributed by atoms with Crippen molar-refractivity contribution in [3.05, 3.63) is 16.1 Å². The fourth-order valence-electron chi connectivity index (χ4n) is 0.982. The second kappa shape index (κ2) is 5.55. The number of thiazole rings is 1.